The van der Waals surface area contributed by atoms with Crippen molar-refractivity contribution in [1.29, 1.82) is 5.41 Å². The summed E-state index contributed by atoms with van der Waals surface area (Å²) < 4.78 is 0. The number of carboxylic acids is 1. The molecule has 11 nitrogen and oxygen atoms in total. The van der Waals surface area contributed by atoms with Crippen LogP contribution in [0.3, 0.4) is 0 Å². The van der Waals surface area contributed by atoms with Gasteiger partial charge in [0, 0.05) is 25.2 Å². The van der Waals surface area contributed by atoms with E-state index in [0.717, 1.165) is 4.90 Å². The van der Waals surface area contributed by atoms with E-state index in [9.17, 15) is 19.2 Å². The van der Waals surface area contributed by atoms with Crippen molar-refractivity contribution in [2.75, 3.05) is 24.5 Å². The van der Waals surface area contributed by atoms with Crippen molar-refractivity contribution in [2.24, 2.45) is 5.73 Å². The van der Waals surface area contributed by atoms with Crippen molar-refractivity contribution >= 4 is 35.5 Å². The first kappa shape index (κ1) is 20.1. The molecule has 0 atom stereocenters. The zero-order valence-corrected chi connectivity index (χ0v) is 15.6. The van der Waals surface area contributed by atoms with Crippen LogP contribution in [0.4, 0.5) is 15.3 Å². The van der Waals surface area contributed by atoms with E-state index >= 15 is 0 Å². The van der Waals surface area contributed by atoms with Crippen LogP contribution in [0.5, 0.6) is 0 Å². The highest BCUT2D eigenvalue weighted by Gasteiger charge is 2.53. The molecule has 2 heterocycles. The van der Waals surface area contributed by atoms with Gasteiger partial charge in [-0.25, -0.2) is 14.5 Å². The Kier molecular flexibility index (Phi) is 5.39. The molecule has 0 unspecified atom stereocenters. The van der Waals surface area contributed by atoms with Gasteiger partial charge in [-0.15, -0.1) is 0 Å². The van der Waals surface area contributed by atoms with Crippen LogP contribution in [0.15, 0.2) is 24.3 Å². The van der Waals surface area contributed by atoms with Crippen LogP contribution in [0, 0.1) is 5.41 Å². The zero-order valence-electron chi connectivity index (χ0n) is 15.6. The molecule has 1 aromatic carbocycles. The molecule has 0 aliphatic carbocycles. The molecule has 0 bridgehead atoms. The Morgan fingerprint density at radius 2 is 1.83 bits per heavy atom. The number of nitrogens with one attached hydrogen (secondary N) is 3. The number of anilines is 1. The second-order valence-corrected chi connectivity index (χ2v) is 6.98. The third kappa shape index (κ3) is 3.98. The molecule has 1 spiro atoms. The predicted molar refractivity (Wildman–Crippen MR) is 103 cm³/mol. The van der Waals surface area contributed by atoms with Crippen molar-refractivity contribution in [2.45, 2.75) is 24.8 Å². The topological polar surface area (TPSA) is 169 Å². The maximum Gasteiger partial charge on any atom is 0.329 e. The quantitative estimate of drug-likeness (QED) is 0.265. The van der Waals surface area contributed by atoms with E-state index in [1.165, 1.54) is 4.90 Å². The average molecular weight is 402 g/mol. The van der Waals surface area contributed by atoms with Gasteiger partial charge in [0.2, 0.25) is 0 Å². The second-order valence-electron chi connectivity index (χ2n) is 6.98. The van der Waals surface area contributed by atoms with Gasteiger partial charge in [-0.2, -0.15) is 0 Å². The lowest BCUT2D eigenvalue weighted by Gasteiger charge is -2.37. The van der Waals surface area contributed by atoms with Gasteiger partial charge in [0.1, 0.15) is 11.4 Å². The number of nitrogens with zero attached hydrogens (tertiary/aromatic N) is 2. The average Bonchev–Trinajstić information content (AvgIpc) is 2.91. The molecule has 6 N–H and O–H groups in total. The van der Waals surface area contributed by atoms with E-state index in [1.807, 2.05) is 0 Å². The monoisotopic (exact) mass is 402 g/mol. The molecule has 3 rings (SSSR count). The van der Waals surface area contributed by atoms with Gasteiger partial charge in [0.15, 0.2) is 0 Å². The summed E-state index contributed by atoms with van der Waals surface area (Å²) in [5.41, 5.74) is 5.21. The molecule has 2 fully saturated rings. The van der Waals surface area contributed by atoms with Gasteiger partial charge in [-0.05, 0) is 37.1 Å². The van der Waals surface area contributed by atoms with Crippen molar-refractivity contribution in [3.8, 4) is 0 Å². The van der Waals surface area contributed by atoms with Crippen LogP contribution >= 0.6 is 0 Å². The fourth-order valence-corrected chi connectivity index (χ4v) is 3.46. The minimum absolute atomic E-state index is 0.0233. The number of nitrogen functional groups attached to an aromatic ring is 1. The molecule has 0 radical (unpaired) electrons. The number of hydrogen-bond acceptors (Lipinski definition) is 5. The van der Waals surface area contributed by atoms with Gasteiger partial charge in [-0.1, -0.05) is 0 Å². The number of nitrogens with two attached hydrogens (primary N) is 1. The summed E-state index contributed by atoms with van der Waals surface area (Å²) in [6.45, 7) is 0.527. The Morgan fingerprint density at radius 1 is 1.21 bits per heavy atom. The Bertz CT molecular complexity index is 860. The number of hydrogen-bond donors (Lipinski definition) is 5. The molecule has 154 valence electrons. The Morgan fingerprint density at radius 3 is 2.38 bits per heavy atom. The predicted octanol–water partition coefficient (Wildman–Crippen LogP) is 0.0458. The largest absolute Gasteiger partial charge is 0.481 e. The molecule has 2 aliphatic heterocycles. The number of carbonyl (C=O) groups is 4. The molecular weight excluding hydrogens is 380 g/mol. The van der Waals surface area contributed by atoms with Crippen LogP contribution in [-0.2, 0) is 9.59 Å². The van der Waals surface area contributed by atoms with Crippen LogP contribution < -0.4 is 21.3 Å². The number of amidine groups is 1. The summed E-state index contributed by atoms with van der Waals surface area (Å²) in [6.07, 6.45) is 0.341. The SMILES string of the molecule is N=C(N)c1ccc(N2C(=O)NC3(CCN(C(=O)NCCC(=O)O)CC3)C2=O)cc1. The van der Waals surface area contributed by atoms with Crippen LogP contribution in [0.2, 0.25) is 0 Å². The number of carboxylic acid groups (broad SMARTS) is 1. The molecule has 0 saturated carbocycles. The van der Waals surface area contributed by atoms with E-state index in [4.69, 9.17) is 16.2 Å². The highest BCUT2D eigenvalue weighted by Crippen LogP contribution is 2.32. The Hall–Kier alpha value is -3.63. The first-order chi connectivity index (χ1) is 13.7. The molecule has 29 heavy (non-hydrogen) atoms. The highest BCUT2D eigenvalue weighted by atomic mass is 16.4. The smallest absolute Gasteiger partial charge is 0.329 e. The normalized spacial score (nSPS) is 17.9. The maximum absolute atomic E-state index is 13.0. The Balaban J connectivity index is 1.64. The molecule has 0 aromatic heterocycles. The number of aliphatic carboxylic acids is 1. The number of imide groups is 1. The van der Waals surface area contributed by atoms with Gasteiger partial charge < -0.3 is 26.4 Å². The summed E-state index contributed by atoms with van der Waals surface area (Å²) in [5, 5.41) is 21.3. The number of urea groups is 2. The number of rotatable bonds is 5. The third-order valence-corrected chi connectivity index (χ3v) is 5.12. The van der Waals surface area contributed by atoms with Crippen molar-refractivity contribution in [1.82, 2.24) is 15.5 Å². The van der Waals surface area contributed by atoms with E-state index in [0.29, 0.717) is 11.3 Å². The highest BCUT2D eigenvalue weighted by molar-refractivity contribution is 6.23. The van der Waals surface area contributed by atoms with Crippen molar-refractivity contribution in [3.63, 3.8) is 0 Å². The lowest BCUT2D eigenvalue weighted by atomic mass is 9.87. The first-order valence-electron chi connectivity index (χ1n) is 9.09. The number of carbonyl (C=O) groups excluding carboxylic acids is 3. The molecule has 5 amide bonds. The summed E-state index contributed by atoms with van der Waals surface area (Å²) in [4.78, 5) is 50.7. The summed E-state index contributed by atoms with van der Waals surface area (Å²) in [5.74, 6) is -1.50. The van der Waals surface area contributed by atoms with E-state index < -0.39 is 23.6 Å². The van der Waals surface area contributed by atoms with Crippen LogP contribution in [-0.4, -0.2) is 65.0 Å². The molecule has 2 saturated heterocycles. The standard InChI is InChI=1S/C18H22N6O5/c19-14(20)11-1-3-12(4-2-11)24-15(27)18(22-17(24)29)6-9-23(10-7-18)16(28)21-8-5-13(25)26/h1-4H,5-10H2,(H3,19,20)(H,21,28)(H,22,29)(H,25,26). The van der Waals surface area contributed by atoms with Gasteiger partial charge in [0.25, 0.3) is 5.91 Å². The number of amides is 5. The lowest BCUT2D eigenvalue weighted by molar-refractivity contribution is -0.136. The van der Waals surface area contributed by atoms with Crippen LogP contribution in [0.25, 0.3) is 0 Å². The zero-order chi connectivity index (χ0) is 21.2. The molecule has 1 aromatic rings. The first-order valence-corrected chi connectivity index (χ1v) is 9.09. The van der Waals surface area contributed by atoms with Crippen molar-refractivity contribution in [3.05, 3.63) is 29.8 Å². The van der Waals surface area contributed by atoms with Gasteiger partial charge in [-0.3, -0.25) is 15.0 Å². The fraction of sp³-hybridized carbons (Fsp3) is 0.389. The van der Waals surface area contributed by atoms with E-state index in [-0.39, 0.29) is 50.6 Å². The number of benzene rings is 1. The third-order valence-electron chi connectivity index (χ3n) is 5.12. The van der Waals surface area contributed by atoms with Crippen LogP contribution in [0.1, 0.15) is 24.8 Å². The molecule has 2 aliphatic rings. The fourth-order valence-electron chi connectivity index (χ4n) is 3.46. The summed E-state index contributed by atoms with van der Waals surface area (Å²) in [7, 11) is 0. The maximum atomic E-state index is 13.0. The minimum Gasteiger partial charge on any atom is -0.481 e. The van der Waals surface area contributed by atoms with Crippen molar-refractivity contribution < 1.29 is 24.3 Å². The lowest BCUT2D eigenvalue weighted by Crippen LogP contribution is -2.57. The van der Waals surface area contributed by atoms with E-state index in [1.54, 1.807) is 24.3 Å². The van der Waals surface area contributed by atoms with E-state index in [2.05, 4.69) is 10.6 Å². The van der Waals surface area contributed by atoms with Gasteiger partial charge in [0.05, 0.1) is 12.1 Å². The van der Waals surface area contributed by atoms with Gasteiger partial charge >= 0.3 is 18.0 Å². The Labute approximate surface area is 166 Å². The minimum atomic E-state index is -1.08. The second kappa shape index (κ2) is 7.78. The molecular formula is C18H22N6O5. The number of piperidine rings is 1. The number of likely N-dealkylation sites (tertiary alicyclic amines) is 1. The molecule has 11 heteroatoms. The summed E-state index contributed by atoms with van der Waals surface area (Å²) >= 11 is 0. The summed E-state index contributed by atoms with van der Waals surface area (Å²) in [6, 6.07) is 5.30.